The predicted molar refractivity (Wildman–Crippen MR) is 105 cm³/mol. The number of nitrogens with zero attached hydrogens (tertiary/aromatic N) is 3. The average molecular weight is 358 g/mol. The maximum absolute atomic E-state index is 11.8. The number of hydrogen-bond acceptors (Lipinski definition) is 3. The Morgan fingerprint density at radius 1 is 1.31 bits per heavy atom. The second-order valence-electron chi connectivity index (χ2n) is 7.25. The van der Waals surface area contributed by atoms with Gasteiger partial charge in [-0.3, -0.25) is 9.69 Å². The fourth-order valence-electron chi connectivity index (χ4n) is 3.92. The Morgan fingerprint density at radius 2 is 2.15 bits per heavy atom. The molecule has 2 aliphatic heterocycles. The molecule has 1 amide bonds. The second-order valence-corrected chi connectivity index (χ2v) is 7.25. The quantitative estimate of drug-likeness (QED) is 0.575. The van der Waals surface area contributed by atoms with Gasteiger partial charge in [-0.2, -0.15) is 0 Å². The highest BCUT2D eigenvalue weighted by Crippen LogP contribution is 2.16. The van der Waals surface area contributed by atoms with Crippen LogP contribution in [0.25, 0.3) is 0 Å². The van der Waals surface area contributed by atoms with Gasteiger partial charge in [0.1, 0.15) is 0 Å². The summed E-state index contributed by atoms with van der Waals surface area (Å²) in [5, 5.41) is 3.27. The van der Waals surface area contributed by atoms with Crippen LogP contribution in [0.1, 0.15) is 43.7 Å². The minimum absolute atomic E-state index is 0.259. The molecule has 1 aromatic rings. The van der Waals surface area contributed by atoms with E-state index in [-0.39, 0.29) is 5.91 Å². The van der Waals surface area contributed by atoms with Crippen molar-refractivity contribution in [2.45, 2.75) is 51.7 Å². The van der Waals surface area contributed by atoms with Crippen molar-refractivity contribution in [1.82, 2.24) is 15.1 Å². The summed E-state index contributed by atoms with van der Waals surface area (Å²) in [5.74, 6) is 0.767. The molecule has 0 saturated carbocycles. The molecule has 6 heteroatoms. The van der Waals surface area contributed by atoms with Crippen LogP contribution >= 0.6 is 0 Å². The van der Waals surface area contributed by atoms with Gasteiger partial charge < -0.3 is 16.0 Å². The summed E-state index contributed by atoms with van der Waals surface area (Å²) >= 11 is 0. The summed E-state index contributed by atoms with van der Waals surface area (Å²) in [5.41, 5.74) is 8.32. The maximum atomic E-state index is 11.8. The van der Waals surface area contributed by atoms with Gasteiger partial charge in [0.15, 0.2) is 5.96 Å². The number of carbonyl (C=O) groups is 1. The summed E-state index contributed by atoms with van der Waals surface area (Å²) in [6, 6.07) is 8.84. The van der Waals surface area contributed by atoms with Crippen molar-refractivity contribution in [1.29, 1.82) is 0 Å². The van der Waals surface area contributed by atoms with Crippen LogP contribution in [0, 0.1) is 0 Å². The summed E-state index contributed by atoms with van der Waals surface area (Å²) in [4.78, 5) is 20.7. The van der Waals surface area contributed by atoms with E-state index in [0.717, 1.165) is 37.2 Å². The van der Waals surface area contributed by atoms with Crippen LogP contribution in [-0.2, 0) is 17.9 Å². The van der Waals surface area contributed by atoms with Gasteiger partial charge >= 0.3 is 0 Å². The van der Waals surface area contributed by atoms with E-state index in [0.29, 0.717) is 31.5 Å². The molecule has 2 heterocycles. The highest BCUT2D eigenvalue weighted by atomic mass is 16.2. The van der Waals surface area contributed by atoms with Gasteiger partial charge in [0.05, 0.1) is 6.54 Å². The standard InChI is InChI=1S/C20H31N5O/c1-2-24-10-4-8-18(24)14-23-20(21)22-13-16-6-3-7-17(12-16)15-25-11-5-9-19(25)26/h3,6-7,12,18H,2,4-5,8-11,13-15H2,1H3,(H3,21,22,23). The first kappa shape index (κ1) is 18.7. The molecule has 0 spiro atoms. The molecule has 1 aromatic carbocycles. The number of likely N-dealkylation sites (tertiary alicyclic amines) is 2. The topological polar surface area (TPSA) is 74.0 Å². The lowest BCUT2D eigenvalue weighted by Gasteiger charge is -2.23. The van der Waals surface area contributed by atoms with E-state index in [1.165, 1.54) is 19.4 Å². The van der Waals surface area contributed by atoms with Crippen LogP contribution in [-0.4, -0.2) is 53.9 Å². The van der Waals surface area contributed by atoms with Gasteiger partial charge in [-0.25, -0.2) is 4.99 Å². The molecule has 1 atom stereocenters. The predicted octanol–water partition coefficient (Wildman–Crippen LogP) is 1.70. The molecule has 0 aromatic heterocycles. The van der Waals surface area contributed by atoms with Crippen LogP contribution in [0.15, 0.2) is 29.3 Å². The Labute approximate surface area is 156 Å². The number of guanidine groups is 1. The molecule has 26 heavy (non-hydrogen) atoms. The van der Waals surface area contributed by atoms with Crippen molar-refractivity contribution < 1.29 is 4.79 Å². The minimum Gasteiger partial charge on any atom is -0.370 e. The zero-order chi connectivity index (χ0) is 18.4. The Balaban J connectivity index is 1.49. The highest BCUT2D eigenvalue weighted by molar-refractivity contribution is 5.78. The molecule has 142 valence electrons. The number of rotatable bonds is 7. The van der Waals surface area contributed by atoms with E-state index < -0.39 is 0 Å². The molecule has 2 aliphatic rings. The van der Waals surface area contributed by atoms with E-state index in [1.807, 2.05) is 11.0 Å². The molecule has 2 saturated heterocycles. The summed E-state index contributed by atoms with van der Waals surface area (Å²) in [7, 11) is 0. The van der Waals surface area contributed by atoms with E-state index >= 15 is 0 Å². The lowest BCUT2D eigenvalue weighted by Crippen LogP contribution is -2.42. The summed E-state index contributed by atoms with van der Waals surface area (Å²) in [6.45, 7) is 7.47. The molecular weight excluding hydrogens is 326 g/mol. The lowest BCUT2D eigenvalue weighted by atomic mass is 10.1. The maximum Gasteiger partial charge on any atom is 0.222 e. The average Bonchev–Trinajstić information content (AvgIpc) is 3.27. The van der Waals surface area contributed by atoms with E-state index in [9.17, 15) is 4.79 Å². The molecule has 0 bridgehead atoms. The fourth-order valence-corrected chi connectivity index (χ4v) is 3.92. The molecule has 6 nitrogen and oxygen atoms in total. The van der Waals surface area contributed by atoms with Gasteiger partial charge in [0.2, 0.25) is 5.91 Å². The monoisotopic (exact) mass is 357 g/mol. The number of benzene rings is 1. The SMILES string of the molecule is CCN1CCCC1CNC(N)=NCc1cccc(CN2CCCC2=O)c1. The number of aliphatic imine (C=N–C) groups is 1. The molecule has 2 fully saturated rings. The summed E-state index contributed by atoms with van der Waals surface area (Å²) in [6.07, 6.45) is 4.15. The largest absolute Gasteiger partial charge is 0.370 e. The van der Waals surface area contributed by atoms with E-state index in [4.69, 9.17) is 5.73 Å². The summed E-state index contributed by atoms with van der Waals surface area (Å²) < 4.78 is 0. The van der Waals surface area contributed by atoms with Crippen LogP contribution < -0.4 is 11.1 Å². The lowest BCUT2D eigenvalue weighted by molar-refractivity contribution is -0.128. The third kappa shape index (κ3) is 4.97. The first-order valence-corrected chi connectivity index (χ1v) is 9.79. The normalized spacial score (nSPS) is 21.6. The molecule has 3 N–H and O–H groups in total. The first-order valence-electron chi connectivity index (χ1n) is 9.79. The van der Waals surface area contributed by atoms with E-state index in [1.54, 1.807) is 0 Å². The van der Waals surface area contributed by atoms with Crippen LogP contribution in [0.4, 0.5) is 0 Å². The van der Waals surface area contributed by atoms with Gasteiger partial charge in [-0.15, -0.1) is 0 Å². The zero-order valence-corrected chi connectivity index (χ0v) is 15.8. The molecule has 1 unspecified atom stereocenters. The molecule has 0 aliphatic carbocycles. The van der Waals surface area contributed by atoms with Crippen molar-refractivity contribution in [3.05, 3.63) is 35.4 Å². The first-order chi connectivity index (χ1) is 12.7. The van der Waals surface area contributed by atoms with Crippen LogP contribution in [0.3, 0.4) is 0 Å². The fraction of sp³-hybridized carbons (Fsp3) is 0.600. The molecule has 3 rings (SSSR count). The van der Waals surface area contributed by atoms with Gasteiger partial charge in [0.25, 0.3) is 0 Å². The Bertz CT molecular complexity index is 645. The van der Waals surface area contributed by atoms with Crippen molar-refractivity contribution in [2.75, 3.05) is 26.2 Å². The number of nitrogens with one attached hydrogen (secondary N) is 1. The number of likely N-dealkylation sites (N-methyl/N-ethyl adjacent to an activating group) is 1. The van der Waals surface area contributed by atoms with Crippen molar-refractivity contribution in [3.8, 4) is 0 Å². The van der Waals surface area contributed by atoms with Gasteiger partial charge in [-0.1, -0.05) is 31.2 Å². The number of hydrogen-bond donors (Lipinski definition) is 2. The Hall–Kier alpha value is -2.08. The smallest absolute Gasteiger partial charge is 0.222 e. The molecular formula is C20H31N5O. The number of carbonyl (C=O) groups excluding carboxylic acids is 1. The minimum atomic E-state index is 0.259. The van der Waals surface area contributed by atoms with Crippen molar-refractivity contribution in [2.24, 2.45) is 10.7 Å². The van der Waals surface area contributed by atoms with Crippen LogP contribution in [0.5, 0.6) is 0 Å². The van der Waals surface area contributed by atoms with Gasteiger partial charge in [-0.05, 0) is 43.5 Å². The second kappa shape index (κ2) is 9.03. The number of amides is 1. The van der Waals surface area contributed by atoms with Crippen molar-refractivity contribution in [3.63, 3.8) is 0 Å². The third-order valence-electron chi connectivity index (χ3n) is 5.39. The zero-order valence-electron chi connectivity index (χ0n) is 15.8. The molecule has 0 radical (unpaired) electrons. The Morgan fingerprint density at radius 3 is 2.92 bits per heavy atom. The highest BCUT2D eigenvalue weighted by Gasteiger charge is 2.22. The van der Waals surface area contributed by atoms with Crippen LogP contribution in [0.2, 0.25) is 0 Å². The number of nitrogens with two attached hydrogens (primary N) is 1. The Kier molecular flexibility index (Phi) is 6.50. The van der Waals surface area contributed by atoms with E-state index in [2.05, 4.69) is 40.3 Å². The third-order valence-corrected chi connectivity index (χ3v) is 5.39. The van der Waals surface area contributed by atoms with Crippen molar-refractivity contribution >= 4 is 11.9 Å². The van der Waals surface area contributed by atoms with Gasteiger partial charge in [0, 0.05) is 32.1 Å².